The molecule has 2 rings (SSSR count). The highest BCUT2D eigenvalue weighted by molar-refractivity contribution is 9.10. The second-order valence-electron chi connectivity index (χ2n) is 4.20. The summed E-state index contributed by atoms with van der Waals surface area (Å²) in [4.78, 5) is 15.8. The van der Waals surface area contributed by atoms with Crippen LogP contribution in [0.25, 0.3) is 0 Å². The Morgan fingerprint density at radius 3 is 3.00 bits per heavy atom. The Labute approximate surface area is 125 Å². The number of halogens is 1. The highest BCUT2D eigenvalue weighted by atomic mass is 79.9. The number of aromatic nitrogens is 1. The van der Waals surface area contributed by atoms with Crippen molar-refractivity contribution >= 4 is 33.2 Å². The maximum absolute atomic E-state index is 11.8. The van der Waals surface area contributed by atoms with E-state index in [0.29, 0.717) is 17.1 Å². The van der Waals surface area contributed by atoms with Crippen molar-refractivity contribution < 1.29 is 9.53 Å². The molecule has 0 saturated carbocycles. The maximum atomic E-state index is 11.8. The first kappa shape index (κ1) is 14.3. The molecular formula is C14H14BrN3O2. The number of nitrogens with zero attached hydrogens (tertiary/aromatic N) is 1. The third-order valence-electron chi connectivity index (χ3n) is 2.70. The fourth-order valence-corrected chi connectivity index (χ4v) is 1.94. The fourth-order valence-electron chi connectivity index (χ4n) is 1.60. The minimum atomic E-state index is -0.251. The first-order valence-corrected chi connectivity index (χ1v) is 6.74. The van der Waals surface area contributed by atoms with E-state index in [1.807, 2.05) is 6.92 Å². The molecule has 0 aliphatic rings. The number of rotatable bonds is 4. The Morgan fingerprint density at radius 2 is 2.25 bits per heavy atom. The second kappa shape index (κ2) is 6.38. The minimum absolute atomic E-state index is 0.0909. The number of pyridine rings is 1. The average molecular weight is 336 g/mol. The summed E-state index contributed by atoms with van der Waals surface area (Å²) in [6.07, 6.45) is 3.19. The number of hydrogen-bond donors (Lipinski definition) is 2. The van der Waals surface area contributed by atoms with Crippen molar-refractivity contribution in [3.05, 3.63) is 46.7 Å². The smallest absolute Gasteiger partial charge is 0.262 e. The lowest BCUT2D eigenvalue weighted by molar-refractivity contribution is -0.118. The van der Waals surface area contributed by atoms with Crippen molar-refractivity contribution in [3.63, 3.8) is 0 Å². The lowest BCUT2D eigenvalue weighted by Gasteiger charge is -2.10. The number of nitrogens with two attached hydrogens (primary N) is 1. The van der Waals surface area contributed by atoms with Gasteiger partial charge in [0.15, 0.2) is 6.61 Å². The molecule has 6 heteroatoms. The molecule has 0 aliphatic carbocycles. The summed E-state index contributed by atoms with van der Waals surface area (Å²) in [6, 6.07) is 7.11. The zero-order chi connectivity index (χ0) is 14.5. The van der Waals surface area contributed by atoms with E-state index in [9.17, 15) is 4.79 Å². The number of nitrogens with one attached hydrogen (secondary N) is 1. The normalized spacial score (nSPS) is 10.1. The Morgan fingerprint density at radius 1 is 1.45 bits per heavy atom. The lowest BCUT2D eigenvalue weighted by Crippen LogP contribution is -2.20. The molecule has 3 N–H and O–H groups in total. The van der Waals surface area contributed by atoms with Gasteiger partial charge in [0.2, 0.25) is 0 Å². The van der Waals surface area contributed by atoms with Gasteiger partial charge in [-0.25, -0.2) is 0 Å². The van der Waals surface area contributed by atoms with E-state index in [2.05, 4.69) is 26.2 Å². The molecule has 1 aromatic carbocycles. The molecule has 1 aromatic heterocycles. The highest BCUT2D eigenvalue weighted by Crippen LogP contribution is 2.20. The molecule has 20 heavy (non-hydrogen) atoms. The van der Waals surface area contributed by atoms with E-state index in [0.717, 1.165) is 10.0 Å². The summed E-state index contributed by atoms with van der Waals surface area (Å²) in [5, 5.41) is 2.76. The van der Waals surface area contributed by atoms with Crippen LogP contribution in [0.2, 0.25) is 0 Å². The number of ether oxygens (including phenoxy) is 1. The SMILES string of the molecule is Cc1c(N)cccc1NC(=O)COc1cncc(Br)c1. The van der Waals surface area contributed by atoms with Crippen LogP contribution in [-0.2, 0) is 4.79 Å². The summed E-state index contributed by atoms with van der Waals surface area (Å²) < 4.78 is 6.15. The quantitative estimate of drug-likeness (QED) is 0.842. The molecule has 0 bridgehead atoms. The Hall–Kier alpha value is -2.08. The number of carbonyl (C=O) groups excluding carboxylic acids is 1. The molecule has 0 unspecified atom stereocenters. The second-order valence-corrected chi connectivity index (χ2v) is 5.11. The third-order valence-corrected chi connectivity index (χ3v) is 3.13. The first-order valence-electron chi connectivity index (χ1n) is 5.94. The van der Waals surface area contributed by atoms with Gasteiger partial charge in [-0.05, 0) is 46.6 Å². The summed E-state index contributed by atoms with van der Waals surface area (Å²) in [5.41, 5.74) is 7.94. The van der Waals surface area contributed by atoms with Crippen LogP contribution >= 0.6 is 15.9 Å². The number of anilines is 2. The molecule has 0 spiro atoms. The summed E-state index contributed by atoms with van der Waals surface area (Å²) in [6.45, 7) is 1.76. The molecular weight excluding hydrogens is 322 g/mol. The maximum Gasteiger partial charge on any atom is 0.262 e. The predicted octanol–water partition coefficient (Wildman–Crippen LogP) is 2.75. The number of nitrogen functional groups attached to an aromatic ring is 1. The van der Waals surface area contributed by atoms with E-state index in [1.165, 1.54) is 0 Å². The zero-order valence-corrected chi connectivity index (χ0v) is 12.5. The van der Waals surface area contributed by atoms with E-state index in [4.69, 9.17) is 10.5 Å². The minimum Gasteiger partial charge on any atom is -0.482 e. The monoisotopic (exact) mass is 335 g/mol. The van der Waals surface area contributed by atoms with E-state index in [1.54, 1.807) is 36.7 Å². The van der Waals surface area contributed by atoms with Gasteiger partial charge in [0.25, 0.3) is 5.91 Å². The topological polar surface area (TPSA) is 77.2 Å². The Kier molecular flexibility index (Phi) is 4.57. The molecule has 0 saturated heterocycles. The van der Waals surface area contributed by atoms with Crippen molar-refractivity contribution in [1.82, 2.24) is 4.98 Å². The molecule has 0 atom stereocenters. The van der Waals surface area contributed by atoms with Crippen molar-refractivity contribution in [1.29, 1.82) is 0 Å². The average Bonchev–Trinajstić information content (AvgIpc) is 2.42. The van der Waals surface area contributed by atoms with Crippen LogP contribution in [0, 0.1) is 6.92 Å². The summed E-state index contributed by atoms with van der Waals surface area (Å²) >= 11 is 3.28. The molecule has 1 heterocycles. The van der Waals surface area contributed by atoms with Gasteiger partial charge >= 0.3 is 0 Å². The van der Waals surface area contributed by atoms with E-state index >= 15 is 0 Å². The van der Waals surface area contributed by atoms with Gasteiger partial charge in [0, 0.05) is 22.0 Å². The van der Waals surface area contributed by atoms with Crippen LogP contribution in [0.3, 0.4) is 0 Å². The largest absolute Gasteiger partial charge is 0.482 e. The van der Waals surface area contributed by atoms with Crippen molar-refractivity contribution in [3.8, 4) is 5.75 Å². The highest BCUT2D eigenvalue weighted by Gasteiger charge is 2.07. The van der Waals surface area contributed by atoms with Gasteiger partial charge < -0.3 is 15.8 Å². The predicted molar refractivity (Wildman–Crippen MR) is 81.7 cm³/mol. The van der Waals surface area contributed by atoms with Gasteiger partial charge in [-0.2, -0.15) is 0 Å². The third kappa shape index (κ3) is 3.71. The number of carbonyl (C=O) groups is 1. The Bertz CT molecular complexity index is 632. The molecule has 104 valence electrons. The van der Waals surface area contributed by atoms with Gasteiger partial charge in [-0.1, -0.05) is 6.07 Å². The Balaban J connectivity index is 1.94. The lowest BCUT2D eigenvalue weighted by atomic mass is 10.1. The summed E-state index contributed by atoms with van der Waals surface area (Å²) in [5.74, 6) is 0.275. The van der Waals surface area contributed by atoms with Crippen molar-refractivity contribution in [2.24, 2.45) is 0 Å². The van der Waals surface area contributed by atoms with Crippen LogP contribution in [0.4, 0.5) is 11.4 Å². The van der Waals surface area contributed by atoms with Crippen molar-refractivity contribution in [2.75, 3.05) is 17.7 Å². The summed E-state index contributed by atoms with van der Waals surface area (Å²) in [7, 11) is 0. The number of amides is 1. The van der Waals surface area contributed by atoms with Crippen LogP contribution in [0.1, 0.15) is 5.56 Å². The van der Waals surface area contributed by atoms with Gasteiger partial charge in [-0.3, -0.25) is 9.78 Å². The van der Waals surface area contributed by atoms with Gasteiger partial charge in [0.05, 0.1) is 6.20 Å². The van der Waals surface area contributed by atoms with Crippen LogP contribution in [-0.4, -0.2) is 17.5 Å². The first-order chi connectivity index (χ1) is 9.56. The number of benzene rings is 1. The van der Waals surface area contributed by atoms with Crippen LogP contribution in [0.5, 0.6) is 5.75 Å². The van der Waals surface area contributed by atoms with Gasteiger partial charge in [0.1, 0.15) is 5.75 Å². The van der Waals surface area contributed by atoms with Gasteiger partial charge in [-0.15, -0.1) is 0 Å². The molecule has 1 amide bonds. The fraction of sp³-hybridized carbons (Fsp3) is 0.143. The van der Waals surface area contributed by atoms with E-state index in [-0.39, 0.29) is 12.5 Å². The number of hydrogen-bond acceptors (Lipinski definition) is 4. The zero-order valence-electron chi connectivity index (χ0n) is 10.9. The molecule has 0 aliphatic heterocycles. The molecule has 5 nitrogen and oxygen atoms in total. The van der Waals surface area contributed by atoms with Crippen molar-refractivity contribution in [2.45, 2.75) is 6.92 Å². The molecule has 0 radical (unpaired) electrons. The van der Waals surface area contributed by atoms with Crippen LogP contribution in [0.15, 0.2) is 41.1 Å². The van der Waals surface area contributed by atoms with Crippen LogP contribution < -0.4 is 15.8 Å². The molecule has 2 aromatic rings. The van der Waals surface area contributed by atoms with E-state index < -0.39 is 0 Å². The molecule has 0 fully saturated rings. The standard InChI is InChI=1S/C14H14BrN3O2/c1-9-12(16)3-2-4-13(9)18-14(19)8-20-11-5-10(15)6-17-7-11/h2-7H,8,16H2,1H3,(H,18,19).